The molecular formula is C15H21BrN2O3S. The van der Waals surface area contributed by atoms with Crippen LogP contribution in [0.2, 0.25) is 0 Å². The minimum Gasteiger partial charge on any atom is -0.444 e. The molecule has 1 N–H and O–H groups in total. The number of halogens is 1. The van der Waals surface area contributed by atoms with Crippen molar-refractivity contribution in [2.24, 2.45) is 0 Å². The van der Waals surface area contributed by atoms with Crippen molar-refractivity contribution in [1.82, 2.24) is 9.62 Å². The molecule has 1 aliphatic rings. The molecule has 1 unspecified atom stereocenters. The second kappa shape index (κ2) is 7.10. The lowest BCUT2D eigenvalue weighted by Crippen LogP contribution is -2.40. The summed E-state index contributed by atoms with van der Waals surface area (Å²) >= 11 is 3.42. The number of carbonyl (C=O) groups is 1. The molecule has 0 aliphatic carbocycles. The first-order valence-electron chi connectivity index (χ1n) is 7.17. The van der Waals surface area contributed by atoms with Crippen LogP contribution in [0.15, 0.2) is 33.6 Å². The number of nitrogens with one attached hydrogen (secondary N) is 1. The van der Waals surface area contributed by atoms with E-state index in [4.69, 9.17) is 4.74 Å². The summed E-state index contributed by atoms with van der Waals surface area (Å²) in [5, 5.41) is 2.84. The lowest BCUT2D eigenvalue weighted by Gasteiger charge is -2.22. The number of ether oxygens (including phenoxy) is 1. The van der Waals surface area contributed by atoms with Gasteiger partial charge < -0.3 is 10.1 Å². The van der Waals surface area contributed by atoms with E-state index >= 15 is 0 Å². The van der Waals surface area contributed by atoms with E-state index in [1.807, 2.05) is 49.3 Å². The largest absolute Gasteiger partial charge is 0.444 e. The van der Waals surface area contributed by atoms with Gasteiger partial charge in [-0.1, -0.05) is 12.1 Å². The molecule has 2 rings (SSSR count). The highest BCUT2D eigenvalue weighted by atomic mass is 79.9. The molecule has 1 aromatic rings. The smallest absolute Gasteiger partial charge is 0.407 e. The van der Waals surface area contributed by atoms with Gasteiger partial charge >= 0.3 is 6.09 Å². The van der Waals surface area contributed by atoms with Crippen LogP contribution in [-0.2, 0) is 15.7 Å². The number of hydrogen-bond donors (Lipinski definition) is 1. The molecule has 122 valence electrons. The van der Waals surface area contributed by atoms with Crippen LogP contribution in [-0.4, -0.2) is 39.3 Å². The van der Waals surface area contributed by atoms with Gasteiger partial charge in [0.1, 0.15) is 16.6 Å². The highest BCUT2D eigenvalue weighted by molar-refractivity contribution is 9.10. The van der Waals surface area contributed by atoms with Crippen LogP contribution >= 0.6 is 15.9 Å². The Balaban J connectivity index is 1.92. The number of hydrogen-bond acceptors (Lipinski definition) is 3. The van der Waals surface area contributed by atoms with Crippen molar-refractivity contribution >= 4 is 33.0 Å². The fourth-order valence-electron chi connectivity index (χ4n) is 2.20. The van der Waals surface area contributed by atoms with Gasteiger partial charge in [0.25, 0.3) is 0 Å². The molecule has 1 heterocycles. The fraction of sp³-hybridized carbons (Fsp3) is 0.533. The predicted octanol–water partition coefficient (Wildman–Crippen LogP) is 3.07. The van der Waals surface area contributed by atoms with Crippen molar-refractivity contribution in [3.63, 3.8) is 0 Å². The minimum atomic E-state index is -1.23. The van der Waals surface area contributed by atoms with E-state index in [1.165, 1.54) is 0 Å². The molecule has 1 fully saturated rings. The first-order chi connectivity index (χ1) is 10.3. The summed E-state index contributed by atoms with van der Waals surface area (Å²) in [6, 6.07) is 7.43. The second-order valence-corrected chi connectivity index (χ2v) is 8.51. The molecule has 0 saturated carbocycles. The molecular weight excluding hydrogens is 368 g/mol. The molecule has 1 aliphatic heterocycles. The lowest BCUT2D eigenvalue weighted by atomic mass is 10.2. The lowest BCUT2D eigenvalue weighted by molar-refractivity contribution is 0.0507. The van der Waals surface area contributed by atoms with Gasteiger partial charge in [-0.3, -0.25) is 0 Å². The third-order valence-electron chi connectivity index (χ3n) is 3.13. The summed E-state index contributed by atoms with van der Waals surface area (Å²) in [4.78, 5) is 12.5. The molecule has 5 nitrogen and oxygen atoms in total. The van der Waals surface area contributed by atoms with Gasteiger partial charge in [-0.05, 0) is 55.3 Å². The maximum atomic E-state index is 12.6. The first-order valence-corrected chi connectivity index (χ1v) is 9.07. The van der Waals surface area contributed by atoms with Crippen molar-refractivity contribution < 1.29 is 13.7 Å². The number of amides is 1. The standard InChI is InChI=1S/C15H21BrN2O3S/c1-15(2,3)21-14(19)17-11-8-9-18(10-11)22(20)13-7-5-4-6-12(13)16/h4-7,11H,8-10H2,1-3H3,(H,17,19)/t11-,22?/m0/s1. The molecule has 1 aromatic carbocycles. The molecule has 1 amide bonds. The average Bonchev–Trinajstić information content (AvgIpc) is 2.84. The van der Waals surface area contributed by atoms with Crippen molar-refractivity contribution in [2.45, 2.75) is 43.7 Å². The fourth-order valence-corrected chi connectivity index (χ4v) is 4.19. The number of rotatable bonds is 3. The van der Waals surface area contributed by atoms with E-state index in [9.17, 15) is 9.00 Å². The van der Waals surface area contributed by atoms with E-state index in [0.29, 0.717) is 13.1 Å². The van der Waals surface area contributed by atoms with Gasteiger partial charge in [-0.2, -0.15) is 0 Å². The molecule has 0 radical (unpaired) electrons. The molecule has 0 spiro atoms. The molecule has 0 aromatic heterocycles. The highest BCUT2D eigenvalue weighted by Crippen LogP contribution is 2.24. The van der Waals surface area contributed by atoms with Gasteiger partial charge in [0.05, 0.1) is 4.90 Å². The number of alkyl carbamates (subject to hydrolysis) is 1. The van der Waals surface area contributed by atoms with E-state index < -0.39 is 22.7 Å². The Kier molecular flexibility index (Phi) is 5.63. The van der Waals surface area contributed by atoms with Crippen LogP contribution < -0.4 is 5.32 Å². The molecule has 2 atom stereocenters. The minimum absolute atomic E-state index is 0.0405. The van der Waals surface area contributed by atoms with Crippen LogP contribution in [0.25, 0.3) is 0 Å². The van der Waals surface area contributed by atoms with Crippen LogP contribution in [0, 0.1) is 0 Å². The van der Waals surface area contributed by atoms with Crippen LogP contribution in [0.5, 0.6) is 0 Å². The van der Waals surface area contributed by atoms with Crippen molar-refractivity contribution in [3.8, 4) is 0 Å². The van der Waals surface area contributed by atoms with Gasteiger partial charge in [0.15, 0.2) is 0 Å². The Labute approximate surface area is 142 Å². The summed E-state index contributed by atoms with van der Waals surface area (Å²) in [6.07, 6.45) is 0.334. The van der Waals surface area contributed by atoms with Gasteiger partial charge in [-0.15, -0.1) is 0 Å². The molecule has 7 heteroatoms. The summed E-state index contributed by atoms with van der Waals surface area (Å²) in [5.41, 5.74) is -0.514. The van der Waals surface area contributed by atoms with Crippen LogP contribution in [0.4, 0.5) is 4.79 Å². The van der Waals surface area contributed by atoms with E-state index in [0.717, 1.165) is 15.8 Å². The van der Waals surface area contributed by atoms with Gasteiger partial charge in [-0.25, -0.2) is 13.3 Å². The second-order valence-electron chi connectivity index (χ2n) is 6.20. The third kappa shape index (κ3) is 4.79. The third-order valence-corrected chi connectivity index (χ3v) is 5.62. The van der Waals surface area contributed by atoms with Crippen molar-refractivity contribution in [3.05, 3.63) is 28.7 Å². The van der Waals surface area contributed by atoms with Gasteiger partial charge in [0.2, 0.25) is 0 Å². The number of nitrogens with zero attached hydrogens (tertiary/aromatic N) is 1. The molecule has 1 saturated heterocycles. The zero-order chi connectivity index (χ0) is 16.3. The van der Waals surface area contributed by atoms with E-state index in [2.05, 4.69) is 21.2 Å². The Morgan fingerprint density at radius 2 is 2.09 bits per heavy atom. The SMILES string of the molecule is CC(C)(C)OC(=O)N[C@H]1CCN(S(=O)c2ccccc2Br)C1. The quantitative estimate of drug-likeness (QED) is 0.865. The zero-order valence-electron chi connectivity index (χ0n) is 13.0. The maximum absolute atomic E-state index is 12.6. The average molecular weight is 389 g/mol. The summed E-state index contributed by atoms with van der Waals surface area (Å²) < 4.78 is 20.5. The van der Waals surface area contributed by atoms with Gasteiger partial charge in [0, 0.05) is 23.6 Å². The number of benzene rings is 1. The maximum Gasteiger partial charge on any atom is 0.407 e. The Bertz CT molecular complexity index is 574. The molecule has 22 heavy (non-hydrogen) atoms. The van der Waals surface area contributed by atoms with E-state index in [1.54, 1.807) is 0 Å². The summed E-state index contributed by atoms with van der Waals surface area (Å²) in [5.74, 6) is 0. The Morgan fingerprint density at radius 1 is 1.41 bits per heavy atom. The Hall–Kier alpha value is -0.920. The van der Waals surface area contributed by atoms with Crippen LogP contribution in [0.1, 0.15) is 27.2 Å². The van der Waals surface area contributed by atoms with Crippen molar-refractivity contribution in [2.75, 3.05) is 13.1 Å². The molecule has 0 bridgehead atoms. The van der Waals surface area contributed by atoms with Crippen molar-refractivity contribution in [1.29, 1.82) is 0 Å². The highest BCUT2D eigenvalue weighted by Gasteiger charge is 2.30. The topological polar surface area (TPSA) is 58.6 Å². The zero-order valence-corrected chi connectivity index (χ0v) is 15.4. The summed E-state index contributed by atoms with van der Waals surface area (Å²) in [6.45, 7) is 6.71. The predicted molar refractivity (Wildman–Crippen MR) is 89.9 cm³/mol. The normalized spacial score (nSPS) is 20.6. The monoisotopic (exact) mass is 388 g/mol. The van der Waals surface area contributed by atoms with Crippen LogP contribution in [0.3, 0.4) is 0 Å². The summed E-state index contributed by atoms with van der Waals surface area (Å²) in [7, 11) is -1.23. The van der Waals surface area contributed by atoms with E-state index in [-0.39, 0.29) is 6.04 Å². The number of carbonyl (C=O) groups excluding carboxylic acids is 1. The first kappa shape index (κ1) is 17.4. The Morgan fingerprint density at radius 3 is 2.73 bits per heavy atom.